The van der Waals surface area contributed by atoms with Crippen molar-refractivity contribution in [1.29, 1.82) is 0 Å². The third-order valence-corrected chi connectivity index (χ3v) is 8.43. The van der Waals surface area contributed by atoms with Gasteiger partial charge >= 0.3 is 5.97 Å². The second kappa shape index (κ2) is 4.82. The standard InChI is InChI=1S/C21H26NO4/c1-11-4-5-12-8-14-16(18(23)24)20(25,10-26-3)17-13-6-7-22-15(13)9-19(12,2)21(11,14)17/h6-7,11-12,17,25H,4-5,8-10H2,1-3H3,(H,23,24)/q-1. The van der Waals surface area contributed by atoms with Gasteiger partial charge in [0.15, 0.2) is 0 Å². The number of hydrogen-bond acceptors (Lipinski definition) is 3. The third-order valence-electron chi connectivity index (χ3n) is 8.43. The van der Waals surface area contributed by atoms with E-state index in [1.807, 2.05) is 12.3 Å². The smallest absolute Gasteiger partial charge is 0.334 e. The zero-order valence-electron chi connectivity index (χ0n) is 15.6. The summed E-state index contributed by atoms with van der Waals surface area (Å²) >= 11 is 0. The first-order valence-electron chi connectivity index (χ1n) is 9.61. The van der Waals surface area contributed by atoms with Crippen molar-refractivity contribution < 1.29 is 19.7 Å². The molecule has 0 aliphatic heterocycles. The van der Waals surface area contributed by atoms with Gasteiger partial charge in [-0.2, -0.15) is 11.9 Å². The fourth-order valence-electron chi connectivity index (χ4n) is 7.78. The van der Waals surface area contributed by atoms with Crippen LogP contribution in [-0.4, -0.2) is 35.5 Å². The lowest BCUT2D eigenvalue weighted by atomic mass is 9.43. The number of carboxylic acid groups (broad SMARTS) is 1. The molecule has 5 nitrogen and oxygen atoms in total. The molecule has 2 saturated carbocycles. The van der Waals surface area contributed by atoms with Crippen LogP contribution < -0.4 is 4.98 Å². The normalized spacial score (nSPS) is 45.6. The summed E-state index contributed by atoms with van der Waals surface area (Å²) < 4.78 is 5.39. The number of aromatic nitrogens is 1. The SMILES string of the molecule is COCC1(O)C(C(=O)O)=C2CC3CCC(C)C24C1c1cc[n-]c1CC34C. The Morgan fingerprint density at radius 3 is 2.88 bits per heavy atom. The van der Waals surface area contributed by atoms with Crippen LogP contribution in [0, 0.1) is 22.7 Å². The summed E-state index contributed by atoms with van der Waals surface area (Å²) in [4.78, 5) is 17.0. The van der Waals surface area contributed by atoms with E-state index in [1.165, 1.54) is 7.11 Å². The maximum Gasteiger partial charge on any atom is 0.334 e. The van der Waals surface area contributed by atoms with Crippen molar-refractivity contribution in [3.05, 3.63) is 34.7 Å². The van der Waals surface area contributed by atoms with E-state index < -0.39 is 11.6 Å². The van der Waals surface area contributed by atoms with Crippen LogP contribution in [0.4, 0.5) is 0 Å². The fourth-order valence-corrected chi connectivity index (χ4v) is 7.78. The lowest BCUT2D eigenvalue weighted by Crippen LogP contribution is -2.58. The first-order chi connectivity index (χ1) is 12.3. The molecule has 0 radical (unpaired) electrons. The van der Waals surface area contributed by atoms with Crippen LogP contribution in [0.1, 0.15) is 50.3 Å². The quantitative estimate of drug-likeness (QED) is 0.870. The van der Waals surface area contributed by atoms with Crippen LogP contribution in [0.5, 0.6) is 0 Å². The first-order valence-corrected chi connectivity index (χ1v) is 9.61. The van der Waals surface area contributed by atoms with Gasteiger partial charge in [0.2, 0.25) is 0 Å². The number of allylic oxidation sites excluding steroid dienone is 1. The Hall–Kier alpha value is -1.59. The van der Waals surface area contributed by atoms with Crippen LogP contribution in [0.25, 0.3) is 0 Å². The number of carboxylic acids is 1. The second-order valence-corrected chi connectivity index (χ2v) is 9.14. The molecule has 2 bridgehead atoms. The van der Waals surface area contributed by atoms with Gasteiger partial charge in [-0.15, -0.1) is 0 Å². The molecule has 2 fully saturated rings. The predicted molar refractivity (Wildman–Crippen MR) is 94.7 cm³/mol. The van der Waals surface area contributed by atoms with Crippen molar-refractivity contribution in [3.8, 4) is 0 Å². The molecule has 1 aromatic heterocycles. The van der Waals surface area contributed by atoms with E-state index in [2.05, 4.69) is 18.8 Å². The third kappa shape index (κ3) is 1.48. The molecular formula is C21H26NO4-. The molecule has 4 aliphatic rings. The van der Waals surface area contributed by atoms with E-state index >= 15 is 0 Å². The molecule has 0 aromatic carbocycles. The number of carbonyl (C=O) groups is 1. The highest BCUT2D eigenvalue weighted by molar-refractivity contribution is 5.93. The summed E-state index contributed by atoms with van der Waals surface area (Å²) in [6.45, 7) is 4.58. The van der Waals surface area contributed by atoms with Gasteiger partial charge in [-0.3, -0.25) is 0 Å². The zero-order chi connectivity index (χ0) is 18.5. The average molecular weight is 356 g/mol. The van der Waals surface area contributed by atoms with Crippen molar-refractivity contribution in [2.24, 2.45) is 22.7 Å². The van der Waals surface area contributed by atoms with Crippen LogP contribution in [0.2, 0.25) is 0 Å². The molecule has 26 heavy (non-hydrogen) atoms. The molecular weight excluding hydrogens is 330 g/mol. The molecule has 4 aliphatic carbocycles. The van der Waals surface area contributed by atoms with Gasteiger partial charge in [0.25, 0.3) is 0 Å². The lowest BCUT2D eigenvalue weighted by Gasteiger charge is -2.61. The van der Waals surface area contributed by atoms with Gasteiger partial charge in [0.1, 0.15) is 5.60 Å². The zero-order valence-corrected chi connectivity index (χ0v) is 15.6. The Balaban J connectivity index is 1.90. The molecule has 1 spiro atoms. The van der Waals surface area contributed by atoms with Gasteiger partial charge in [-0.25, -0.2) is 4.79 Å². The number of nitrogens with zero attached hydrogens (tertiary/aromatic N) is 1. The maximum atomic E-state index is 12.4. The molecule has 1 heterocycles. The number of methoxy groups -OCH3 is 1. The minimum atomic E-state index is -1.50. The largest absolute Gasteiger partial charge is 0.667 e. The van der Waals surface area contributed by atoms with E-state index in [9.17, 15) is 15.0 Å². The average Bonchev–Trinajstić information content (AvgIpc) is 3.13. The molecule has 5 rings (SSSR count). The highest BCUT2D eigenvalue weighted by atomic mass is 16.5. The Labute approximate surface area is 153 Å². The number of aliphatic hydroxyl groups is 1. The van der Waals surface area contributed by atoms with Crippen molar-refractivity contribution in [2.75, 3.05) is 13.7 Å². The molecule has 2 N–H and O–H groups in total. The maximum absolute atomic E-state index is 12.4. The Kier molecular flexibility index (Phi) is 3.07. The molecule has 140 valence electrons. The molecule has 5 heteroatoms. The molecule has 1 aromatic rings. The Bertz CT molecular complexity index is 841. The number of rotatable bonds is 3. The van der Waals surface area contributed by atoms with Gasteiger partial charge in [0.05, 0.1) is 12.2 Å². The monoisotopic (exact) mass is 356 g/mol. The first kappa shape index (κ1) is 16.6. The number of ether oxygens (including phenoxy) is 1. The number of fused-ring (bicyclic) bond motifs is 2. The van der Waals surface area contributed by atoms with E-state index in [0.717, 1.165) is 42.5 Å². The minimum absolute atomic E-state index is 0.00262. The number of aliphatic carboxylic acids is 1. The van der Waals surface area contributed by atoms with E-state index in [1.54, 1.807) is 0 Å². The van der Waals surface area contributed by atoms with Gasteiger partial charge < -0.3 is 19.9 Å². The summed E-state index contributed by atoms with van der Waals surface area (Å²) in [5, 5.41) is 22.0. The van der Waals surface area contributed by atoms with Gasteiger partial charge in [-0.1, -0.05) is 25.5 Å². The molecule has 6 unspecified atom stereocenters. The van der Waals surface area contributed by atoms with Crippen molar-refractivity contribution in [2.45, 2.75) is 51.0 Å². The molecule has 0 saturated heterocycles. The van der Waals surface area contributed by atoms with E-state index in [0.29, 0.717) is 11.8 Å². The van der Waals surface area contributed by atoms with Crippen LogP contribution in [0.3, 0.4) is 0 Å². The summed E-state index contributed by atoms with van der Waals surface area (Å²) in [6, 6.07) is 1.99. The summed E-state index contributed by atoms with van der Waals surface area (Å²) in [7, 11) is 1.53. The summed E-state index contributed by atoms with van der Waals surface area (Å²) in [5.41, 5.74) is 1.41. The fraction of sp³-hybridized carbons (Fsp3) is 0.667. The van der Waals surface area contributed by atoms with Gasteiger partial charge in [0, 0.05) is 18.4 Å². The second-order valence-electron chi connectivity index (χ2n) is 9.14. The van der Waals surface area contributed by atoms with Crippen LogP contribution in [-0.2, 0) is 16.0 Å². The van der Waals surface area contributed by atoms with E-state index in [-0.39, 0.29) is 28.9 Å². The molecule has 0 amide bonds. The highest BCUT2D eigenvalue weighted by Crippen LogP contribution is 2.80. The predicted octanol–water partition coefficient (Wildman–Crippen LogP) is 2.50. The van der Waals surface area contributed by atoms with Gasteiger partial charge in [-0.05, 0) is 48.5 Å². The Morgan fingerprint density at radius 1 is 1.42 bits per heavy atom. The topological polar surface area (TPSA) is 80.9 Å². The highest BCUT2D eigenvalue weighted by Gasteiger charge is 2.76. The van der Waals surface area contributed by atoms with Crippen LogP contribution >= 0.6 is 0 Å². The minimum Gasteiger partial charge on any atom is -0.667 e. The summed E-state index contributed by atoms with van der Waals surface area (Å²) in [5.74, 6) is -0.490. The Morgan fingerprint density at radius 2 is 2.19 bits per heavy atom. The van der Waals surface area contributed by atoms with Crippen LogP contribution in [0.15, 0.2) is 23.4 Å². The van der Waals surface area contributed by atoms with E-state index in [4.69, 9.17) is 4.74 Å². The summed E-state index contributed by atoms with van der Waals surface area (Å²) in [6.07, 6.45) is 5.68. The molecule has 6 atom stereocenters. The van der Waals surface area contributed by atoms with Crippen molar-refractivity contribution in [3.63, 3.8) is 0 Å². The lowest BCUT2D eigenvalue weighted by molar-refractivity contribution is -0.140. The van der Waals surface area contributed by atoms with Crippen molar-refractivity contribution >= 4 is 5.97 Å². The number of hydrogen-bond donors (Lipinski definition) is 2. The van der Waals surface area contributed by atoms with Crippen molar-refractivity contribution in [1.82, 2.24) is 4.98 Å².